The first-order chi connectivity index (χ1) is 17.1. The number of ketones is 1. The molecule has 35 heavy (non-hydrogen) atoms. The summed E-state index contributed by atoms with van der Waals surface area (Å²) in [6.07, 6.45) is 6.03. The molecule has 0 radical (unpaired) electrons. The van der Waals surface area contributed by atoms with Gasteiger partial charge in [0, 0.05) is 6.20 Å². The SMILES string of the molecule is COc1cc2c3c(n(CCCn4ccnc4)c(=O)c2cc1O[CH]=[Hg])-c1cc2c(cc1C3=O)OCO2. The molecule has 6 rings (SSSR count). The van der Waals surface area contributed by atoms with E-state index in [9.17, 15) is 9.59 Å². The summed E-state index contributed by atoms with van der Waals surface area (Å²) in [5, 5.41) is 0.958. The molecule has 0 fully saturated rings. The van der Waals surface area contributed by atoms with Gasteiger partial charge < -0.3 is 0 Å². The third kappa shape index (κ3) is 3.48. The molecule has 0 spiro atoms. The van der Waals surface area contributed by atoms with Crippen LogP contribution in [0.3, 0.4) is 0 Å². The number of fused-ring (bicyclic) bond motifs is 6. The normalized spacial score (nSPS) is 13.2. The molecule has 0 saturated heterocycles. The van der Waals surface area contributed by atoms with Crippen molar-refractivity contribution in [1.82, 2.24) is 14.1 Å². The Kier molecular flexibility index (Phi) is 5.44. The second kappa shape index (κ2) is 8.64. The van der Waals surface area contributed by atoms with Gasteiger partial charge in [-0.25, -0.2) is 4.98 Å². The van der Waals surface area contributed by atoms with Crippen LogP contribution < -0.4 is 24.5 Å². The van der Waals surface area contributed by atoms with Crippen molar-refractivity contribution in [3.05, 3.63) is 64.5 Å². The van der Waals surface area contributed by atoms with Crippen molar-refractivity contribution in [2.75, 3.05) is 13.9 Å². The molecule has 3 heterocycles. The molecule has 2 aliphatic rings. The Morgan fingerprint density at radius 3 is 2.54 bits per heavy atom. The molecule has 172 valence electrons. The van der Waals surface area contributed by atoms with Gasteiger partial charge in [-0.05, 0) is 0 Å². The van der Waals surface area contributed by atoms with E-state index >= 15 is 0 Å². The van der Waals surface area contributed by atoms with Crippen LogP contribution in [0.25, 0.3) is 22.0 Å². The average Bonchev–Trinajstić information content (AvgIpc) is 3.60. The van der Waals surface area contributed by atoms with Gasteiger partial charge in [0.25, 0.3) is 0 Å². The van der Waals surface area contributed by atoms with Crippen molar-refractivity contribution in [2.45, 2.75) is 19.5 Å². The molecular formula is C25H19HgN3O6. The maximum atomic E-state index is 13.9. The van der Waals surface area contributed by atoms with Gasteiger partial charge in [-0.2, -0.15) is 0 Å². The van der Waals surface area contributed by atoms with E-state index < -0.39 is 0 Å². The molecule has 10 heteroatoms. The Morgan fingerprint density at radius 2 is 1.83 bits per heavy atom. The van der Waals surface area contributed by atoms with Gasteiger partial charge in [0.1, 0.15) is 0 Å². The van der Waals surface area contributed by atoms with Gasteiger partial charge in [0.15, 0.2) is 0 Å². The molecule has 0 N–H and O–H groups in total. The van der Waals surface area contributed by atoms with Crippen LogP contribution in [-0.2, 0) is 38.7 Å². The van der Waals surface area contributed by atoms with Crippen LogP contribution in [0.5, 0.6) is 23.0 Å². The van der Waals surface area contributed by atoms with Gasteiger partial charge >= 0.3 is 198 Å². The predicted molar refractivity (Wildman–Crippen MR) is 123 cm³/mol. The average molecular weight is 658 g/mol. The van der Waals surface area contributed by atoms with E-state index in [1.165, 1.54) is 0 Å². The second-order valence-electron chi connectivity index (χ2n) is 8.25. The Hall–Kier alpha value is -3.46. The Labute approximate surface area is 215 Å². The number of imidazole rings is 1. The fourth-order valence-corrected chi connectivity index (χ4v) is 5.51. The molecule has 9 nitrogen and oxygen atoms in total. The van der Waals surface area contributed by atoms with Gasteiger partial charge in [-0.1, -0.05) is 0 Å². The van der Waals surface area contributed by atoms with Crippen LogP contribution >= 0.6 is 0 Å². The van der Waals surface area contributed by atoms with Crippen molar-refractivity contribution in [1.29, 1.82) is 0 Å². The van der Waals surface area contributed by atoms with Crippen molar-refractivity contribution in [2.24, 2.45) is 0 Å². The summed E-state index contributed by atoms with van der Waals surface area (Å²) < 4.78 is 27.7. The number of pyridine rings is 1. The minimum Gasteiger partial charge on any atom is 0.231 e. The summed E-state index contributed by atoms with van der Waals surface area (Å²) in [6, 6.07) is 6.91. The van der Waals surface area contributed by atoms with E-state index in [1.54, 1.807) is 52.2 Å². The van der Waals surface area contributed by atoms with Gasteiger partial charge in [-0.3, -0.25) is 0 Å². The summed E-state index contributed by atoms with van der Waals surface area (Å²) in [4.78, 5) is 31.7. The van der Waals surface area contributed by atoms with Crippen LogP contribution in [-0.4, -0.2) is 37.5 Å². The zero-order valence-corrected chi connectivity index (χ0v) is 24.4. The molecule has 0 amide bonds. The molecule has 4 aromatic rings. The first-order valence-corrected chi connectivity index (χ1v) is 14.3. The topological polar surface area (TPSA) is 93.8 Å². The number of aromatic nitrogens is 3. The Bertz CT molecular complexity index is 1580. The standard InChI is InChI=1S/C25H19N3O6.Hg/c1-31-18-8-14-17(11-19(18)32-2)25(30)28(6-3-5-27-7-4-26-12-27)23-15-9-20-21(34-13-33-20)10-16(15)24(29)22(14)23;/h2,4,7-12H,3,5-6,13H2,1H3;. The van der Waals surface area contributed by atoms with E-state index in [0.717, 1.165) is 0 Å². The van der Waals surface area contributed by atoms with E-state index in [0.29, 0.717) is 101 Å². The van der Waals surface area contributed by atoms with Crippen LogP contribution in [0.1, 0.15) is 22.3 Å². The van der Waals surface area contributed by atoms with Gasteiger partial charge in [0.05, 0.1) is 0 Å². The zero-order valence-electron chi connectivity index (χ0n) is 18.9. The van der Waals surface area contributed by atoms with Crippen molar-refractivity contribution in [3.8, 4) is 34.3 Å². The third-order valence-corrected chi connectivity index (χ3v) is 7.01. The van der Waals surface area contributed by atoms with E-state index in [4.69, 9.17) is 18.9 Å². The molecule has 2 aromatic heterocycles. The minimum atomic E-state index is -0.187. The number of ether oxygens (including phenoxy) is 4. The third-order valence-electron chi connectivity index (χ3n) is 6.36. The number of nitrogens with zero attached hydrogens (tertiary/aromatic N) is 3. The number of carbonyl (C=O) groups is 1. The monoisotopic (exact) mass is 659 g/mol. The summed E-state index contributed by atoms with van der Waals surface area (Å²) >= 11 is 0.296. The van der Waals surface area contributed by atoms with Crippen molar-refractivity contribution < 1.29 is 49.4 Å². The fourth-order valence-electron chi connectivity index (χ4n) is 4.81. The quantitative estimate of drug-likeness (QED) is 0.249. The minimum absolute atomic E-state index is 0.104. The summed E-state index contributed by atoms with van der Waals surface area (Å²) in [7, 11) is 1.54. The number of hydrogen-bond donors (Lipinski definition) is 0. The van der Waals surface area contributed by atoms with Crippen molar-refractivity contribution >= 4 is 20.2 Å². The molecule has 1 aliphatic heterocycles. The van der Waals surface area contributed by atoms with Crippen LogP contribution in [0, 0.1) is 0 Å². The number of methoxy groups -OCH3 is 1. The summed E-state index contributed by atoms with van der Waals surface area (Å²) in [5.74, 6) is 1.86. The predicted octanol–water partition coefficient (Wildman–Crippen LogP) is 2.92. The Balaban J connectivity index is 1.59. The number of benzene rings is 2. The number of aryl methyl sites for hydroxylation is 1. The van der Waals surface area contributed by atoms with E-state index in [1.807, 2.05) is 10.8 Å². The second-order valence-corrected chi connectivity index (χ2v) is 9.54. The summed E-state index contributed by atoms with van der Waals surface area (Å²) in [6.45, 7) is 1.22. The fraction of sp³-hybridized carbons (Fsp3) is 0.200. The van der Waals surface area contributed by atoms with Crippen LogP contribution in [0.2, 0.25) is 0 Å². The van der Waals surface area contributed by atoms with E-state index in [-0.39, 0.29) is 18.1 Å². The molecular weight excluding hydrogens is 639 g/mol. The van der Waals surface area contributed by atoms with Gasteiger partial charge in [0.2, 0.25) is 6.79 Å². The zero-order chi connectivity index (χ0) is 24.1. The molecule has 0 atom stereocenters. The molecule has 2 aromatic carbocycles. The molecule has 0 bridgehead atoms. The number of carbonyl (C=O) groups excluding carboxylic acids is 1. The van der Waals surface area contributed by atoms with Gasteiger partial charge in [-0.15, -0.1) is 0 Å². The molecule has 0 unspecified atom stereocenters. The number of rotatable bonds is 7. The summed E-state index contributed by atoms with van der Waals surface area (Å²) in [5.41, 5.74) is 2.05. The van der Waals surface area contributed by atoms with Crippen LogP contribution in [0.4, 0.5) is 0 Å². The maximum absolute atomic E-state index is 13.9. The Morgan fingerprint density at radius 1 is 1.06 bits per heavy atom. The van der Waals surface area contributed by atoms with Crippen LogP contribution in [0.15, 0.2) is 47.8 Å². The first kappa shape index (κ1) is 22.0. The van der Waals surface area contributed by atoms with E-state index in [2.05, 4.69) is 4.98 Å². The number of hydrogen-bond acceptors (Lipinski definition) is 7. The van der Waals surface area contributed by atoms with Crippen molar-refractivity contribution in [3.63, 3.8) is 0 Å². The molecule has 0 saturated carbocycles. The first-order valence-electron chi connectivity index (χ1n) is 11.1. The molecule has 1 aliphatic carbocycles. The smallest absolute Gasteiger partial charge is 0.231 e.